The van der Waals surface area contributed by atoms with Gasteiger partial charge in [-0.3, -0.25) is 9.59 Å². The molecular formula is C26H36N3O5P. The fourth-order valence-electron chi connectivity index (χ4n) is 4.76. The van der Waals surface area contributed by atoms with Gasteiger partial charge >= 0.3 is 12.0 Å². The summed E-state index contributed by atoms with van der Waals surface area (Å²) in [6.07, 6.45) is 8.25. The number of anilines is 1. The lowest BCUT2D eigenvalue weighted by atomic mass is 9.86. The molecule has 0 bridgehead atoms. The second-order valence-electron chi connectivity index (χ2n) is 9.30. The zero-order valence-electron chi connectivity index (χ0n) is 20.3. The van der Waals surface area contributed by atoms with Crippen molar-refractivity contribution >= 4 is 43.8 Å². The number of benzene rings is 2. The number of aliphatic carboxylic acids is 1. The van der Waals surface area contributed by atoms with E-state index in [1.807, 2.05) is 24.3 Å². The Kier molecular flexibility index (Phi) is 10.2. The average molecular weight is 502 g/mol. The van der Waals surface area contributed by atoms with E-state index in [4.69, 9.17) is 9.63 Å². The first kappa shape index (κ1) is 26.7. The molecule has 1 aliphatic carbocycles. The van der Waals surface area contributed by atoms with Gasteiger partial charge in [0, 0.05) is 25.4 Å². The summed E-state index contributed by atoms with van der Waals surface area (Å²) in [5.74, 6) is 0.129. The van der Waals surface area contributed by atoms with Gasteiger partial charge in [-0.2, -0.15) is 0 Å². The third kappa shape index (κ3) is 8.10. The molecule has 0 saturated heterocycles. The molecule has 8 nitrogen and oxygen atoms in total. The molecule has 0 aliphatic heterocycles. The molecule has 35 heavy (non-hydrogen) atoms. The van der Waals surface area contributed by atoms with Crippen LogP contribution in [0.5, 0.6) is 5.75 Å². The van der Waals surface area contributed by atoms with Gasteiger partial charge in [-0.1, -0.05) is 44.2 Å². The highest BCUT2D eigenvalue weighted by Crippen LogP contribution is 2.28. The fraction of sp³-hybridized carbons (Fsp3) is 0.500. The predicted molar refractivity (Wildman–Crippen MR) is 141 cm³/mol. The first-order valence-electron chi connectivity index (χ1n) is 12.3. The molecule has 1 aliphatic rings. The van der Waals surface area contributed by atoms with E-state index in [-0.39, 0.29) is 18.7 Å². The number of hydrogen-bond donors (Lipinski definition) is 3. The van der Waals surface area contributed by atoms with Crippen molar-refractivity contribution < 1.29 is 24.0 Å². The molecule has 0 aromatic heterocycles. The van der Waals surface area contributed by atoms with Crippen LogP contribution in [0.1, 0.15) is 57.8 Å². The SMILES string of the molecule is CN(CCCC1CCCCC1)C(=O)[C@H](CCC(=O)O)NC(=O)Nc1cccc2cc(OP)ccc12. The van der Waals surface area contributed by atoms with Crippen molar-refractivity contribution in [3.8, 4) is 5.75 Å². The monoisotopic (exact) mass is 501 g/mol. The smallest absolute Gasteiger partial charge is 0.319 e. The zero-order valence-corrected chi connectivity index (χ0v) is 21.4. The van der Waals surface area contributed by atoms with E-state index in [9.17, 15) is 14.4 Å². The average Bonchev–Trinajstić information content (AvgIpc) is 2.86. The fourth-order valence-corrected chi connectivity index (χ4v) is 4.90. The summed E-state index contributed by atoms with van der Waals surface area (Å²) in [6, 6.07) is 9.52. The number of nitrogens with zero attached hydrogens (tertiary/aromatic N) is 1. The van der Waals surface area contributed by atoms with Crippen molar-refractivity contribution in [2.45, 2.75) is 63.8 Å². The summed E-state index contributed by atoms with van der Waals surface area (Å²) in [4.78, 5) is 38.7. The van der Waals surface area contributed by atoms with E-state index >= 15 is 0 Å². The van der Waals surface area contributed by atoms with E-state index in [2.05, 4.69) is 20.1 Å². The highest BCUT2D eigenvalue weighted by atomic mass is 31.0. The third-order valence-electron chi connectivity index (χ3n) is 6.69. The Morgan fingerprint density at radius 3 is 2.66 bits per heavy atom. The van der Waals surface area contributed by atoms with Crippen molar-refractivity contribution in [3.63, 3.8) is 0 Å². The largest absolute Gasteiger partial charge is 0.481 e. The quantitative estimate of drug-likeness (QED) is 0.368. The van der Waals surface area contributed by atoms with Crippen molar-refractivity contribution in [1.29, 1.82) is 0 Å². The van der Waals surface area contributed by atoms with Crippen LogP contribution in [0.25, 0.3) is 10.8 Å². The van der Waals surface area contributed by atoms with Crippen LogP contribution in [-0.2, 0) is 9.59 Å². The number of urea groups is 1. The summed E-state index contributed by atoms with van der Waals surface area (Å²) in [5, 5.41) is 16.3. The molecule has 1 fully saturated rings. The van der Waals surface area contributed by atoms with Crippen LogP contribution >= 0.6 is 9.47 Å². The number of likely N-dealkylation sites (N-methyl/N-ethyl adjacent to an activating group) is 1. The Morgan fingerprint density at radius 2 is 1.94 bits per heavy atom. The molecule has 2 aromatic carbocycles. The highest BCUT2D eigenvalue weighted by Gasteiger charge is 2.25. The maximum absolute atomic E-state index is 13.1. The normalized spacial score (nSPS) is 14.8. The lowest BCUT2D eigenvalue weighted by Crippen LogP contribution is -2.49. The third-order valence-corrected chi connectivity index (χ3v) is 6.97. The van der Waals surface area contributed by atoms with E-state index in [1.54, 1.807) is 24.1 Å². The number of hydrogen-bond acceptors (Lipinski definition) is 4. The number of carboxylic acid groups (broad SMARTS) is 1. The Balaban J connectivity index is 1.61. The summed E-state index contributed by atoms with van der Waals surface area (Å²) >= 11 is 0. The molecule has 2 atom stereocenters. The van der Waals surface area contributed by atoms with Gasteiger partial charge in [0.15, 0.2) is 0 Å². The molecule has 0 heterocycles. The van der Waals surface area contributed by atoms with Crippen LogP contribution in [0.2, 0.25) is 0 Å². The van der Waals surface area contributed by atoms with Crippen LogP contribution in [0.15, 0.2) is 36.4 Å². The number of nitrogens with one attached hydrogen (secondary N) is 2. The first-order valence-corrected chi connectivity index (χ1v) is 12.8. The van der Waals surface area contributed by atoms with Crippen LogP contribution in [-0.4, -0.2) is 47.5 Å². The summed E-state index contributed by atoms with van der Waals surface area (Å²) in [7, 11) is 3.92. The van der Waals surface area contributed by atoms with Gasteiger partial charge in [0.25, 0.3) is 0 Å². The molecule has 3 N–H and O–H groups in total. The van der Waals surface area contributed by atoms with Gasteiger partial charge in [-0.15, -0.1) is 0 Å². The van der Waals surface area contributed by atoms with Gasteiger partial charge in [0.05, 0.1) is 15.2 Å². The number of carboxylic acids is 1. The molecule has 1 unspecified atom stereocenters. The molecule has 0 radical (unpaired) electrons. The van der Waals surface area contributed by atoms with Gasteiger partial charge in [-0.25, -0.2) is 4.79 Å². The molecule has 3 rings (SSSR count). The van der Waals surface area contributed by atoms with Crippen LogP contribution in [0.3, 0.4) is 0 Å². The van der Waals surface area contributed by atoms with Gasteiger partial charge < -0.3 is 25.2 Å². The standard InChI is InChI=1S/C26H36N3O5P/c1-29(16-6-9-18-7-3-2-4-8-18)25(32)23(14-15-24(30)31)28-26(33)27-22-11-5-10-19-17-20(34-35)12-13-21(19)22/h5,10-13,17-18,23H,2-4,6-9,14-16,35H2,1H3,(H,30,31)(H2,27,28,33)/t23-/m0/s1. The van der Waals surface area contributed by atoms with Gasteiger partial charge in [0.2, 0.25) is 5.91 Å². The maximum Gasteiger partial charge on any atom is 0.319 e. The molecule has 3 amide bonds. The summed E-state index contributed by atoms with van der Waals surface area (Å²) < 4.78 is 5.18. The molecule has 9 heteroatoms. The summed E-state index contributed by atoms with van der Waals surface area (Å²) in [6.45, 7) is 0.589. The minimum atomic E-state index is -1.01. The minimum absolute atomic E-state index is 0.0267. The number of carbonyl (C=O) groups excluding carboxylic acids is 2. The Labute approximate surface area is 209 Å². The molecular weight excluding hydrogens is 465 g/mol. The van der Waals surface area contributed by atoms with Gasteiger partial charge in [0.1, 0.15) is 11.8 Å². The van der Waals surface area contributed by atoms with E-state index in [1.165, 1.54) is 32.1 Å². The highest BCUT2D eigenvalue weighted by molar-refractivity contribution is 7.10. The topological polar surface area (TPSA) is 108 Å². The Hall–Kier alpha value is -2.86. The molecule has 190 valence electrons. The first-order chi connectivity index (χ1) is 16.9. The van der Waals surface area contributed by atoms with E-state index in [0.717, 1.165) is 29.5 Å². The van der Waals surface area contributed by atoms with Crippen molar-refractivity contribution in [3.05, 3.63) is 36.4 Å². The van der Waals surface area contributed by atoms with Crippen LogP contribution in [0.4, 0.5) is 10.5 Å². The van der Waals surface area contributed by atoms with Crippen molar-refractivity contribution in [1.82, 2.24) is 10.2 Å². The number of amides is 3. The number of carbonyl (C=O) groups is 3. The minimum Gasteiger partial charge on any atom is -0.481 e. The second kappa shape index (κ2) is 13.3. The molecule has 0 spiro atoms. The number of rotatable bonds is 11. The van der Waals surface area contributed by atoms with Crippen LogP contribution < -0.4 is 15.2 Å². The van der Waals surface area contributed by atoms with Crippen molar-refractivity contribution in [2.24, 2.45) is 5.92 Å². The zero-order chi connectivity index (χ0) is 25.2. The second-order valence-corrected chi connectivity index (χ2v) is 9.53. The summed E-state index contributed by atoms with van der Waals surface area (Å²) in [5.41, 5.74) is 0.584. The van der Waals surface area contributed by atoms with Crippen LogP contribution in [0, 0.1) is 5.92 Å². The van der Waals surface area contributed by atoms with E-state index in [0.29, 0.717) is 18.0 Å². The Morgan fingerprint density at radius 1 is 1.17 bits per heavy atom. The number of fused-ring (bicyclic) bond motifs is 1. The van der Waals surface area contributed by atoms with Crippen molar-refractivity contribution in [2.75, 3.05) is 18.9 Å². The predicted octanol–water partition coefficient (Wildman–Crippen LogP) is 5.18. The van der Waals surface area contributed by atoms with E-state index < -0.39 is 18.0 Å². The molecule has 2 aromatic rings. The van der Waals surface area contributed by atoms with Gasteiger partial charge in [-0.05, 0) is 54.8 Å². The lowest BCUT2D eigenvalue weighted by molar-refractivity contribution is -0.137. The lowest BCUT2D eigenvalue weighted by Gasteiger charge is -2.26. The maximum atomic E-state index is 13.1. The Bertz CT molecular complexity index is 1030. The molecule has 1 saturated carbocycles.